The molecule has 2 N–H and O–H groups in total. The van der Waals surface area contributed by atoms with Crippen LogP contribution in [-0.2, 0) is 11.3 Å². The molecule has 0 bridgehead atoms. The Morgan fingerprint density at radius 1 is 0.941 bits per heavy atom. The number of aromatic amines is 1. The minimum Gasteiger partial charge on any atom is -0.497 e. The molecule has 1 amide bonds. The van der Waals surface area contributed by atoms with E-state index in [0.717, 1.165) is 28.2 Å². The maximum absolute atomic E-state index is 12.8. The van der Waals surface area contributed by atoms with E-state index in [4.69, 9.17) is 9.47 Å². The third kappa shape index (κ3) is 6.17. The molecular formula is C26H26N4O3S. The molecule has 0 spiro atoms. The summed E-state index contributed by atoms with van der Waals surface area (Å²) in [5.74, 6) is 2.16. The Hall–Kier alpha value is -3.78. The largest absolute Gasteiger partial charge is 0.497 e. The summed E-state index contributed by atoms with van der Waals surface area (Å²) in [6, 6.07) is 25.2. The zero-order valence-corrected chi connectivity index (χ0v) is 19.8. The van der Waals surface area contributed by atoms with Crippen molar-refractivity contribution in [1.82, 2.24) is 20.5 Å². The number of nitrogens with zero attached hydrogens (tertiary/aromatic N) is 2. The molecular weight excluding hydrogens is 448 g/mol. The van der Waals surface area contributed by atoms with Gasteiger partial charge in [0.2, 0.25) is 11.1 Å². The Morgan fingerprint density at radius 3 is 2.24 bits per heavy atom. The van der Waals surface area contributed by atoms with Crippen molar-refractivity contribution in [3.8, 4) is 22.9 Å². The van der Waals surface area contributed by atoms with Gasteiger partial charge in [-0.1, -0.05) is 54.2 Å². The first kappa shape index (κ1) is 23.4. The van der Waals surface area contributed by atoms with E-state index in [1.807, 2.05) is 78.9 Å². The van der Waals surface area contributed by atoms with Gasteiger partial charge in [0.25, 0.3) is 0 Å². The van der Waals surface area contributed by atoms with Gasteiger partial charge in [0.15, 0.2) is 5.82 Å². The number of carbonyl (C=O) groups excluding carboxylic acids is 1. The number of amides is 1. The van der Waals surface area contributed by atoms with Gasteiger partial charge in [-0.3, -0.25) is 9.89 Å². The van der Waals surface area contributed by atoms with Crippen LogP contribution in [-0.4, -0.2) is 35.3 Å². The third-order valence-electron chi connectivity index (χ3n) is 5.27. The number of hydrogen-bond donors (Lipinski definition) is 2. The number of benzene rings is 3. The van der Waals surface area contributed by atoms with Crippen molar-refractivity contribution >= 4 is 17.7 Å². The molecule has 1 heterocycles. The maximum Gasteiger partial charge on any atom is 0.221 e. The van der Waals surface area contributed by atoms with E-state index in [0.29, 0.717) is 17.5 Å². The van der Waals surface area contributed by atoms with Crippen LogP contribution in [0.15, 0.2) is 84.0 Å². The number of H-pyrrole nitrogens is 1. The number of methoxy groups -OCH3 is 2. The molecule has 174 valence electrons. The molecule has 4 aromatic rings. The number of rotatable bonds is 10. The highest BCUT2D eigenvalue weighted by molar-refractivity contribution is 7.99. The highest BCUT2D eigenvalue weighted by atomic mass is 32.2. The summed E-state index contributed by atoms with van der Waals surface area (Å²) in [5.41, 5.74) is 2.96. The van der Waals surface area contributed by atoms with Crippen molar-refractivity contribution in [3.05, 3.63) is 90.0 Å². The molecule has 0 saturated carbocycles. The van der Waals surface area contributed by atoms with Crippen molar-refractivity contribution in [2.75, 3.05) is 14.2 Å². The highest BCUT2D eigenvalue weighted by Crippen LogP contribution is 2.37. The second-order valence-electron chi connectivity index (χ2n) is 7.54. The molecule has 0 aliphatic heterocycles. The van der Waals surface area contributed by atoms with Gasteiger partial charge in [-0.15, -0.1) is 5.10 Å². The molecule has 0 fully saturated rings. The summed E-state index contributed by atoms with van der Waals surface area (Å²) in [6.07, 6.45) is 0.288. The number of carbonyl (C=O) groups is 1. The van der Waals surface area contributed by atoms with E-state index in [-0.39, 0.29) is 17.6 Å². The van der Waals surface area contributed by atoms with Gasteiger partial charge in [-0.05, 0) is 47.5 Å². The van der Waals surface area contributed by atoms with Crippen LogP contribution in [0.2, 0.25) is 0 Å². The van der Waals surface area contributed by atoms with Crippen LogP contribution in [0.3, 0.4) is 0 Å². The summed E-state index contributed by atoms with van der Waals surface area (Å²) in [5, 5.41) is 10.8. The predicted molar refractivity (Wildman–Crippen MR) is 133 cm³/mol. The molecule has 3 aromatic carbocycles. The first-order valence-corrected chi connectivity index (χ1v) is 11.7. The van der Waals surface area contributed by atoms with Crippen LogP contribution >= 0.6 is 11.8 Å². The fourth-order valence-corrected chi connectivity index (χ4v) is 4.41. The normalized spacial score (nSPS) is 11.6. The lowest BCUT2D eigenvalue weighted by atomic mass is 10.1. The number of thioether (sulfide) groups is 1. The average Bonchev–Trinajstić information content (AvgIpc) is 3.36. The predicted octanol–water partition coefficient (Wildman–Crippen LogP) is 5.03. The van der Waals surface area contributed by atoms with E-state index in [9.17, 15) is 4.79 Å². The van der Waals surface area contributed by atoms with Gasteiger partial charge >= 0.3 is 0 Å². The van der Waals surface area contributed by atoms with E-state index >= 15 is 0 Å². The maximum atomic E-state index is 12.8. The molecule has 0 aliphatic carbocycles. The van der Waals surface area contributed by atoms with Gasteiger partial charge in [0.1, 0.15) is 11.5 Å². The summed E-state index contributed by atoms with van der Waals surface area (Å²) >= 11 is 1.45. The highest BCUT2D eigenvalue weighted by Gasteiger charge is 2.20. The molecule has 0 aliphatic rings. The summed E-state index contributed by atoms with van der Waals surface area (Å²) in [7, 11) is 3.26. The van der Waals surface area contributed by atoms with E-state index in [2.05, 4.69) is 20.5 Å². The van der Waals surface area contributed by atoms with Crippen LogP contribution in [0.1, 0.15) is 22.8 Å². The van der Waals surface area contributed by atoms with E-state index < -0.39 is 0 Å². The quantitative estimate of drug-likeness (QED) is 0.314. The van der Waals surface area contributed by atoms with Gasteiger partial charge in [0, 0.05) is 23.8 Å². The average molecular weight is 475 g/mol. The van der Waals surface area contributed by atoms with Crippen LogP contribution < -0.4 is 14.8 Å². The molecule has 1 aromatic heterocycles. The zero-order valence-electron chi connectivity index (χ0n) is 19.0. The molecule has 8 heteroatoms. The van der Waals surface area contributed by atoms with Gasteiger partial charge in [0.05, 0.1) is 14.2 Å². The molecule has 7 nitrogen and oxygen atoms in total. The van der Waals surface area contributed by atoms with Crippen molar-refractivity contribution in [2.45, 2.75) is 23.4 Å². The van der Waals surface area contributed by atoms with Crippen LogP contribution in [0.5, 0.6) is 11.5 Å². The van der Waals surface area contributed by atoms with Gasteiger partial charge in [-0.2, -0.15) is 0 Å². The zero-order chi connectivity index (χ0) is 23.8. The summed E-state index contributed by atoms with van der Waals surface area (Å²) in [4.78, 5) is 17.4. The monoisotopic (exact) mass is 474 g/mol. The van der Waals surface area contributed by atoms with Crippen molar-refractivity contribution in [2.24, 2.45) is 0 Å². The van der Waals surface area contributed by atoms with Gasteiger partial charge < -0.3 is 14.8 Å². The Labute approximate surface area is 202 Å². The first-order valence-electron chi connectivity index (χ1n) is 10.8. The minimum atomic E-state index is -0.166. The van der Waals surface area contributed by atoms with Crippen LogP contribution in [0.4, 0.5) is 0 Å². The van der Waals surface area contributed by atoms with Crippen LogP contribution in [0.25, 0.3) is 11.4 Å². The Kier molecular flexibility index (Phi) is 7.83. The Balaban J connectivity index is 1.48. The molecule has 0 saturated heterocycles. The fourth-order valence-electron chi connectivity index (χ4n) is 3.39. The lowest BCUT2D eigenvalue weighted by molar-refractivity contribution is -0.121. The van der Waals surface area contributed by atoms with Gasteiger partial charge in [-0.25, -0.2) is 4.98 Å². The standard InChI is InChI=1S/C26H26N4O3S/c1-32-21-12-8-19(9-13-21)23(16-24(31)27-17-18-6-4-3-5-7-18)34-26-28-25(29-30-26)20-10-14-22(33-2)15-11-20/h3-15,23H,16-17H2,1-2H3,(H,27,31)(H,28,29,30). The second-order valence-corrected chi connectivity index (χ2v) is 8.71. The smallest absolute Gasteiger partial charge is 0.221 e. The number of aromatic nitrogens is 3. The summed E-state index contributed by atoms with van der Waals surface area (Å²) in [6.45, 7) is 0.488. The van der Waals surface area contributed by atoms with E-state index in [1.165, 1.54) is 11.8 Å². The topological polar surface area (TPSA) is 89.1 Å². The minimum absolute atomic E-state index is 0.0388. The van der Waals surface area contributed by atoms with Crippen molar-refractivity contribution < 1.29 is 14.3 Å². The lowest BCUT2D eigenvalue weighted by Crippen LogP contribution is -2.24. The number of hydrogen-bond acceptors (Lipinski definition) is 6. The fraction of sp³-hybridized carbons (Fsp3) is 0.192. The first-order chi connectivity index (χ1) is 16.6. The number of nitrogens with one attached hydrogen (secondary N) is 2. The van der Waals surface area contributed by atoms with Crippen LogP contribution in [0, 0.1) is 0 Å². The van der Waals surface area contributed by atoms with Crippen molar-refractivity contribution in [1.29, 1.82) is 0 Å². The summed E-state index contributed by atoms with van der Waals surface area (Å²) < 4.78 is 10.5. The third-order valence-corrected chi connectivity index (χ3v) is 6.38. The lowest BCUT2D eigenvalue weighted by Gasteiger charge is -2.16. The molecule has 4 rings (SSSR count). The molecule has 1 atom stereocenters. The van der Waals surface area contributed by atoms with E-state index in [1.54, 1.807) is 14.2 Å². The molecule has 34 heavy (non-hydrogen) atoms. The SMILES string of the molecule is COc1ccc(-c2nc(SC(CC(=O)NCc3ccccc3)c3ccc(OC)cc3)n[nH]2)cc1. The molecule has 0 radical (unpaired) electrons. The van der Waals surface area contributed by atoms with Crippen molar-refractivity contribution in [3.63, 3.8) is 0 Å². The Morgan fingerprint density at radius 2 is 1.59 bits per heavy atom. The molecule has 1 unspecified atom stereocenters. The number of ether oxygens (including phenoxy) is 2. The second kappa shape index (κ2) is 11.4. The Bertz CT molecular complexity index is 1190.